The third-order valence-electron chi connectivity index (χ3n) is 5.01. The Kier molecular flexibility index (Phi) is 5.97. The van der Waals surface area contributed by atoms with Gasteiger partial charge in [-0.2, -0.15) is 0 Å². The van der Waals surface area contributed by atoms with Crippen molar-refractivity contribution in [2.75, 3.05) is 11.1 Å². The molecule has 2 aromatic carbocycles. The Labute approximate surface area is 198 Å². The Morgan fingerprint density at radius 2 is 1.97 bits per heavy atom. The smallest absolute Gasteiger partial charge is 0.236 e. The number of thioether (sulfide) groups is 1. The second kappa shape index (κ2) is 9.21. The Morgan fingerprint density at radius 3 is 2.79 bits per heavy atom. The van der Waals surface area contributed by atoms with Crippen molar-refractivity contribution in [1.29, 1.82) is 0 Å². The van der Waals surface area contributed by atoms with Gasteiger partial charge in [-0.1, -0.05) is 52.9 Å². The van der Waals surface area contributed by atoms with Crippen LogP contribution in [0.1, 0.15) is 16.9 Å². The van der Waals surface area contributed by atoms with Gasteiger partial charge in [-0.25, -0.2) is 4.98 Å². The second-order valence-corrected chi connectivity index (χ2v) is 9.64. The van der Waals surface area contributed by atoms with E-state index in [0.717, 1.165) is 32.9 Å². The molecule has 9 heteroatoms. The minimum atomic E-state index is -0.138. The first kappa shape index (κ1) is 21.4. The summed E-state index contributed by atoms with van der Waals surface area (Å²) >= 11 is 2.81. The van der Waals surface area contributed by atoms with Crippen LogP contribution >= 0.6 is 23.1 Å². The molecule has 0 atom stereocenters. The summed E-state index contributed by atoms with van der Waals surface area (Å²) in [4.78, 5) is 17.1. The van der Waals surface area contributed by atoms with Crippen LogP contribution in [-0.4, -0.2) is 31.4 Å². The van der Waals surface area contributed by atoms with Crippen molar-refractivity contribution < 1.29 is 9.21 Å². The van der Waals surface area contributed by atoms with E-state index in [2.05, 4.69) is 32.6 Å². The van der Waals surface area contributed by atoms with Crippen LogP contribution in [-0.2, 0) is 11.3 Å². The summed E-state index contributed by atoms with van der Waals surface area (Å²) in [6, 6.07) is 17.9. The van der Waals surface area contributed by atoms with Gasteiger partial charge in [-0.3, -0.25) is 9.36 Å². The lowest BCUT2D eigenvalue weighted by atomic mass is 10.1. The molecule has 166 valence electrons. The summed E-state index contributed by atoms with van der Waals surface area (Å²) < 4.78 is 8.58. The zero-order valence-electron chi connectivity index (χ0n) is 18.1. The quantitative estimate of drug-likeness (QED) is 0.311. The van der Waals surface area contributed by atoms with E-state index in [-0.39, 0.29) is 11.7 Å². The molecule has 0 aliphatic rings. The van der Waals surface area contributed by atoms with Crippen molar-refractivity contribution in [3.63, 3.8) is 0 Å². The second-order valence-electron chi connectivity index (χ2n) is 7.67. The van der Waals surface area contributed by atoms with Crippen molar-refractivity contribution in [2.24, 2.45) is 0 Å². The largest absolute Gasteiger partial charge is 0.467 e. The van der Waals surface area contributed by atoms with E-state index >= 15 is 0 Å². The fourth-order valence-corrected chi connectivity index (χ4v) is 5.18. The molecule has 3 aromatic heterocycles. The number of carbonyl (C=O) groups excluding carboxylic acids is 1. The topological polar surface area (TPSA) is 85.8 Å². The molecule has 0 spiro atoms. The highest BCUT2D eigenvalue weighted by Gasteiger charge is 2.18. The summed E-state index contributed by atoms with van der Waals surface area (Å²) in [5.41, 5.74) is 4.16. The van der Waals surface area contributed by atoms with Crippen molar-refractivity contribution in [3.8, 4) is 11.4 Å². The van der Waals surface area contributed by atoms with Gasteiger partial charge < -0.3 is 9.73 Å². The number of nitrogens with zero attached hydrogens (tertiary/aromatic N) is 4. The Bertz CT molecular complexity index is 1420. The summed E-state index contributed by atoms with van der Waals surface area (Å²) in [7, 11) is 0. The van der Waals surface area contributed by atoms with Crippen molar-refractivity contribution >= 4 is 44.4 Å². The molecule has 0 aliphatic heterocycles. The highest BCUT2D eigenvalue weighted by atomic mass is 32.2. The average Bonchev–Trinajstić information content (AvgIpc) is 3.52. The fourth-order valence-electron chi connectivity index (χ4n) is 3.46. The number of anilines is 1. The Hall–Kier alpha value is -3.43. The monoisotopic (exact) mass is 475 g/mol. The minimum Gasteiger partial charge on any atom is -0.467 e. The number of hydrogen-bond acceptors (Lipinski definition) is 7. The number of benzene rings is 2. The van der Waals surface area contributed by atoms with E-state index < -0.39 is 0 Å². The third-order valence-corrected chi connectivity index (χ3v) is 6.91. The maximum absolute atomic E-state index is 12.6. The van der Waals surface area contributed by atoms with E-state index in [4.69, 9.17) is 4.42 Å². The molecule has 0 unspecified atom stereocenters. The highest BCUT2D eigenvalue weighted by molar-refractivity contribution is 7.99. The normalized spacial score (nSPS) is 11.2. The predicted molar refractivity (Wildman–Crippen MR) is 132 cm³/mol. The van der Waals surface area contributed by atoms with Crippen LogP contribution in [0.25, 0.3) is 21.6 Å². The molecule has 0 saturated carbocycles. The van der Waals surface area contributed by atoms with Crippen LogP contribution in [0.4, 0.5) is 5.13 Å². The first-order chi connectivity index (χ1) is 16.0. The molecule has 5 aromatic rings. The molecule has 0 radical (unpaired) electrons. The summed E-state index contributed by atoms with van der Waals surface area (Å²) in [6.07, 6.45) is 1.64. The number of carbonyl (C=O) groups is 1. The van der Waals surface area contributed by atoms with Gasteiger partial charge >= 0.3 is 0 Å². The van der Waals surface area contributed by atoms with Crippen molar-refractivity contribution in [1.82, 2.24) is 19.7 Å². The van der Waals surface area contributed by atoms with Crippen LogP contribution in [0.3, 0.4) is 0 Å². The number of hydrogen-bond donors (Lipinski definition) is 1. The molecule has 0 fully saturated rings. The van der Waals surface area contributed by atoms with Gasteiger partial charge in [0, 0.05) is 5.56 Å². The van der Waals surface area contributed by atoms with E-state index in [1.165, 1.54) is 28.7 Å². The molecule has 3 heterocycles. The fraction of sp³-hybridized carbons (Fsp3) is 0.167. The number of aryl methyl sites for hydroxylation is 2. The number of thiazole rings is 1. The molecular weight excluding hydrogens is 454 g/mol. The molecule has 0 aliphatic carbocycles. The van der Waals surface area contributed by atoms with Gasteiger partial charge in [-0.15, -0.1) is 10.2 Å². The Balaban J connectivity index is 1.34. The van der Waals surface area contributed by atoms with Gasteiger partial charge in [0.05, 0.1) is 28.8 Å². The maximum Gasteiger partial charge on any atom is 0.236 e. The molecule has 0 bridgehead atoms. The maximum atomic E-state index is 12.6. The zero-order chi connectivity index (χ0) is 22.8. The first-order valence-electron chi connectivity index (χ1n) is 10.4. The number of amides is 1. The standard InChI is InChI=1S/C24H21N5O2S2/c1-15-5-3-6-17(11-15)22-27-28-24(29(22)13-18-7-4-10-31-18)32-14-21(30)26-23-25-19-9-8-16(2)12-20(19)33-23/h3-12H,13-14H2,1-2H3,(H,25,26,30). The molecule has 7 nitrogen and oxygen atoms in total. The van der Waals surface area contributed by atoms with Gasteiger partial charge in [-0.05, 0) is 49.7 Å². The third kappa shape index (κ3) is 4.84. The summed E-state index contributed by atoms with van der Waals surface area (Å²) in [6.45, 7) is 4.56. The summed E-state index contributed by atoms with van der Waals surface area (Å²) in [5.74, 6) is 1.58. The van der Waals surface area contributed by atoms with Gasteiger partial charge in [0.2, 0.25) is 5.91 Å². The van der Waals surface area contributed by atoms with Crippen LogP contribution in [0.15, 0.2) is 70.4 Å². The number of rotatable bonds is 7. The molecule has 1 amide bonds. The van der Waals surface area contributed by atoms with Crippen molar-refractivity contribution in [3.05, 3.63) is 77.7 Å². The van der Waals surface area contributed by atoms with E-state index in [9.17, 15) is 4.79 Å². The molecule has 33 heavy (non-hydrogen) atoms. The van der Waals surface area contributed by atoms with Gasteiger partial charge in [0.15, 0.2) is 16.1 Å². The summed E-state index contributed by atoms with van der Waals surface area (Å²) in [5, 5.41) is 12.9. The van der Waals surface area contributed by atoms with Crippen LogP contribution in [0.5, 0.6) is 0 Å². The van der Waals surface area contributed by atoms with Gasteiger partial charge in [0.25, 0.3) is 0 Å². The van der Waals surface area contributed by atoms with E-state index in [1.54, 1.807) is 6.26 Å². The molecule has 1 N–H and O–H groups in total. The predicted octanol–water partition coefficient (Wildman–Crippen LogP) is 5.54. The lowest BCUT2D eigenvalue weighted by Crippen LogP contribution is -2.14. The van der Waals surface area contributed by atoms with E-state index in [0.29, 0.717) is 16.8 Å². The number of nitrogens with one attached hydrogen (secondary N) is 1. The van der Waals surface area contributed by atoms with Crippen LogP contribution in [0, 0.1) is 13.8 Å². The van der Waals surface area contributed by atoms with E-state index in [1.807, 2.05) is 60.9 Å². The Morgan fingerprint density at radius 1 is 1.09 bits per heavy atom. The number of furan rings is 1. The zero-order valence-corrected chi connectivity index (χ0v) is 19.7. The van der Waals surface area contributed by atoms with Gasteiger partial charge in [0.1, 0.15) is 5.76 Å². The molecular formula is C24H21N5O2S2. The highest BCUT2D eigenvalue weighted by Crippen LogP contribution is 2.28. The van der Waals surface area contributed by atoms with Crippen LogP contribution in [0.2, 0.25) is 0 Å². The minimum absolute atomic E-state index is 0.138. The molecule has 5 rings (SSSR count). The number of fused-ring (bicyclic) bond motifs is 1. The first-order valence-corrected chi connectivity index (χ1v) is 12.2. The lowest BCUT2D eigenvalue weighted by molar-refractivity contribution is -0.113. The van der Waals surface area contributed by atoms with Crippen molar-refractivity contribution in [2.45, 2.75) is 25.5 Å². The molecule has 0 saturated heterocycles. The SMILES string of the molecule is Cc1cccc(-c2nnc(SCC(=O)Nc3nc4ccc(C)cc4s3)n2Cc2ccco2)c1. The average molecular weight is 476 g/mol. The number of aromatic nitrogens is 4. The van der Waals surface area contributed by atoms with Crippen LogP contribution < -0.4 is 5.32 Å². The lowest BCUT2D eigenvalue weighted by Gasteiger charge is -2.09.